The molecule has 0 amide bonds. The summed E-state index contributed by atoms with van der Waals surface area (Å²) in [7, 11) is 0. The molecule has 0 aliphatic carbocycles. The van der Waals surface area contributed by atoms with Crippen molar-refractivity contribution in [3.63, 3.8) is 0 Å². The molecular formula is C12H10O2Se. The molecule has 0 unspecified atom stereocenters. The van der Waals surface area contributed by atoms with Crippen LogP contribution in [0.15, 0.2) is 60.7 Å². The van der Waals surface area contributed by atoms with Crippen LogP contribution in [0, 0.1) is 0 Å². The fraction of sp³-hybridized carbons (Fsp3) is 0. The van der Waals surface area contributed by atoms with Crippen molar-refractivity contribution in [3.05, 3.63) is 60.7 Å². The van der Waals surface area contributed by atoms with Gasteiger partial charge in [0.1, 0.15) is 0 Å². The Labute approximate surface area is 99.7 Å². The third kappa shape index (κ3) is 6.61. The minimum absolute atomic E-state index is 0. The molecule has 2 rings (SSSR count). The first-order chi connectivity index (χ1) is 6.79. The number of hydrogen-bond acceptors (Lipinski definition) is 2. The molecule has 15 heavy (non-hydrogen) atoms. The molecule has 0 aliphatic heterocycles. The number of rotatable bonds is 0. The summed E-state index contributed by atoms with van der Waals surface area (Å²) in [5, 5.41) is 20.5. The fourth-order valence-electron chi connectivity index (χ4n) is 0.841. The van der Waals surface area contributed by atoms with Crippen LogP contribution in [-0.4, -0.2) is 17.1 Å². The van der Waals surface area contributed by atoms with E-state index in [1.165, 1.54) is 24.3 Å². The summed E-state index contributed by atoms with van der Waals surface area (Å²) in [5.41, 5.74) is 0. The quantitative estimate of drug-likeness (QED) is 0.670. The summed E-state index contributed by atoms with van der Waals surface area (Å²) < 4.78 is 0. The molecule has 0 atom stereocenters. The predicted molar refractivity (Wildman–Crippen MR) is 57.5 cm³/mol. The smallest absolute Gasteiger partial charge is 0.872 e. The van der Waals surface area contributed by atoms with Crippen LogP contribution in [0.4, 0.5) is 0 Å². The van der Waals surface area contributed by atoms with Crippen LogP contribution in [0.25, 0.3) is 0 Å². The first-order valence-corrected chi connectivity index (χ1v) is 4.23. The van der Waals surface area contributed by atoms with Gasteiger partial charge in [-0.3, -0.25) is 0 Å². The van der Waals surface area contributed by atoms with E-state index >= 15 is 0 Å². The van der Waals surface area contributed by atoms with E-state index in [0.717, 1.165) is 0 Å². The van der Waals surface area contributed by atoms with Crippen molar-refractivity contribution < 1.29 is 10.2 Å². The average molecular weight is 265 g/mol. The van der Waals surface area contributed by atoms with Gasteiger partial charge in [-0.05, 0) is 0 Å². The van der Waals surface area contributed by atoms with Crippen molar-refractivity contribution in [1.82, 2.24) is 0 Å². The Hall–Kier alpha value is -1.44. The Kier molecular flexibility index (Phi) is 7.16. The molecule has 3 heteroatoms. The van der Waals surface area contributed by atoms with Crippen LogP contribution in [-0.2, 0) is 0 Å². The third-order valence-electron chi connectivity index (χ3n) is 1.49. The molecule has 2 nitrogen and oxygen atoms in total. The van der Waals surface area contributed by atoms with E-state index in [-0.39, 0.29) is 28.6 Å². The monoisotopic (exact) mass is 266 g/mol. The van der Waals surface area contributed by atoms with Crippen molar-refractivity contribution in [2.75, 3.05) is 0 Å². The molecule has 2 aromatic rings. The van der Waals surface area contributed by atoms with Gasteiger partial charge in [0.2, 0.25) is 0 Å². The van der Waals surface area contributed by atoms with Crippen LogP contribution in [0.5, 0.6) is 11.5 Å². The zero-order chi connectivity index (χ0) is 10.2. The first kappa shape index (κ1) is 13.6. The molecule has 0 heterocycles. The van der Waals surface area contributed by atoms with Gasteiger partial charge in [0.15, 0.2) is 0 Å². The van der Waals surface area contributed by atoms with Gasteiger partial charge in [-0.15, -0.1) is 11.5 Å². The van der Waals surface area contributed by atoms with Gasteiger partial charge >= 0.3 is 17.1 Å². The Morgan fingerprint density at radius 1 is 0.533 bits per heavy atom. The Bertz CT molecular complexity index is 311. The number of hydrogen-bond donors (Lipinski definition) is 0. The van der Waals surface area contributed by atoms with Gasteiger partial charge in [-0.25, -0.2) is 0 Å². The minimum atomic E-state index is 0. The zero-order valence-corrected chi connectivity index (χ0v) is 9.71. The number of benzene rings is 2. The standard InChI is InChI=1S/2C6H6O.Se/c2*7-6-4-2-1-3-5-6;/h2*1-5,7H;/q;;+2/p-2. The molecule has 0 spiro atoms. The van der Waals surface area contributed by atoms with Gasteiger partial charge < -0.3 is 10.2 Å². The molecule has 0 aliphatic rings. The van der Waals surface area contributed by atoms with E-state index in [2.05, 4.69) is 0 Å². The number of para-hydroxylation sites is 2. The summed E-state index contributed by atoms with van der Waals surface area (Å²) in [5.74, 6) is 0.144. The Balaban J connectivity index is 0.000000245. The van der Waals surface area contributed by atoms with Crippen molar-refractivity contribution in [1.29, 1.82) is 0 Å². The maximum atomic E-state index is 10.3. The third-order valence-corrected chi connectivity index (χ3v) is 1.49. The van der Waals surface area contributed by atoms with Gasteiger partial charge in [0.05, 0.1) is 0 Å². The van der Waals surface area contributed by atoms with E-state index < -0.39 is 0 Å². The maximum absolute atomic E-state index is 10.3. The van der Waals surface area contributed by atoms with Crippen LogP contribution in [0.1, 0.15) is 0 Å². The van der Waals surface area contributed by atoms with E-state index in [9.17, 15) is 10.2 Å². The molecule has 0 aromatic heterocycles. The van der Waals surface area contributed by atoms with Gasteiger partial charge in [-0.1, -0.05) is 60.7 Å². The molecule has 0 fully saturated rings. The summed E-state index contributed by atoms with van der Waals surface area (Å²) in [4.78, 5) is 0. The second kappa shape index (κ2) is 7.92. The zero-order valence-electron chi connectivity index (χ0n) is 8.00. The average Bonchev–Trinajstić information content (AvgIpc) is 2.21. The molecule has 0 saturated carbocycles. The molecule has 76 valence electrons. The summed E-state index contributed by atoms with van der Waals surface area (Å²) >= 11 is 0. The van der Waals surface area contributed by atoms with Crippen molar-refractivity contribution >= 4 is 17.1 Å². The molecule has 0 N–H and O–H groups in total. The molecule has 0 bridgehead atoms. The van der Waals surface area contributed by atoms with Crippen LogP contribution in [0.2, 0.25) is 0 Å². The molecule has 0 saturated heterocycles. The van der Waals surface area contributed by atoms with Crippen molar-refractivity contribution in [2.24, 2.45) is 0 Å². The first-order valence-electron chi connectivity index (χ1n) is 4.23. The SMILES string of the molecule is [O-]c1ccccc1.[O-]c1ccccc1.[Se+2]. The topological polar surface area (TPSA) is 46.1 Å². The van der Waals surface area contributed by atoms with Crippen LogP contribution >= 0.6 is 0 Å². The summed E-state index contributed by atoms with van der Waals surface area (Å²) in [6.45, 7) is 0. The normalized spacial score (nSPS) is 8.00. The second-order valence-electron chi connectivity index (χ2n) is 2.63. The fourth-order valence-corrected chi connectivity index (χ4v) is 0.841. The van der Waals surface area contributed by atoms with Gasteiger partial charge in [0, 0.05) is 0 Å². The van der Waals surface area contributed by atoms with E-state index in [0.29, 0.717) is 0 Å². The van der Waals surface area contributed by atoms with Crippen molar-refractivity contribution in [3.8, 4) is 11.5 Å². The maximum Gasteiger partial charge on any atom is 2.00 e. The molecular weight excluding hydrogens is 255 g/mol. The van der Waals surface area contributed by atoms with Gasteiger partial charge in [-0.2, -0.15) is 0 Å². The van der Waals surface area contributed by atoms with Crippen molar-refractivity contribution in [2.45, 2.75) is 0 Å². The Morgan fingerprint density at radius 3 is 0.933 bits per heavy atom. The minimum Gasteiger partial charge on any atom is -0.872 e. The predicted octanol–water partition coefficient (Wildman–Crippen LogP) is 1.14. The Morgan fingerprint density at radius 2 is 0.800 bits per heavy atom. The van der Waals surface area contributed by atoms with E-state index in [1.807, 2.05) is 12.1 Å². The van der Waals surface area contributed by atoms with E-state index in [1.54, 1.807) is 24.3 Å². The summed E-state index contributed by atoms with van der Waals surface area (Å²) in [6.07, 6.45) is 0. The molecule has 2 aromatic carbocycles. The van der Waals surface area contributed by atoms with Gasteiger partial charge in [0.25, 0.3) is 0 Å². The molecule has 4 radical (unpaired) electrons. The van der Waals surface area contributed by atoms with Crippen LogP contribution < -0.4 is 10.2 Å². The second-order valence-corrected chi connectivity index (χ2v) is 2.63. The largest absolute Gasteiger partial charge is 2.00 e. The summed E-state index contributed by atoms with van der Waals surface area (Å²) in [6, 6.07) is 16.7. The van der Waals surface area contributed by atoms with Crippen LogP contribution in [0.3, 0.4) is 0 Å². The van der Waals surface area contributed by atoms with E-state index in [4.69, 9.17) is 0 Å².